The Bertz CT molecular complexity index is 773. The molecule has 25 heavy (non-hydrogen) atoms. The predicted molar refractivity (Wildman–Crippen MR) is 95.8 cm³/mol. The maximum Gasteiger partial charge on any atom is 0.290 e. The lowest BCUT2D eigenvalue weighted by Gasteiger charge is -2.32. The molecule has 0 bridgehead atoms. The molecule has 2 aromatic heterocycles. The third-order valence-electron chi connectivity index (χ3n) is 4.78. The monoisotopic (exact) mass is 343 g/mol. The van der Waals surface area contributed by atoms with Crippen LogP contribution in [0.1, 0.15) is 35.0 Å². The summed E-state index contributed by atoms with van der Waals surface area (Å²) in [5.41, 5.74) is 1.04. The SMILES string of the molecule is CCN(CC)C(=O)c1nc(C(=O)N2CCN(C)CC2)c2ccccn12. The van der Waals surface area contributed by atoms with Gasteiger partial charge in [-0.25, -0.2) is 4.98 Å². The second kappa shape index (κ2) is 7.23. The number of imidazole rings is 1. The molecule has 3 heterocycles. The van der Waals surface area contributed by atoms with Crippen LogP contribution in [0.2, 0.25) is 0 Å². The Morgan fingerprint density at radius 1 is 1.12 bits per heavy atom. The molecule has 1 aliphatic rings. The highest BCUT2D eigenvalue weighted by Gasteiger charge is 2.28. The minimum absolute atomic E-state index is 0.101. The summed E-state index contributed by atoms with van der Waals surface area (Å²) in [7, 11) is 2.05. The summed E-state index contributed by atoms with van der Waals surface area (Å²) in [5.74, 6) is 0.0517. The van der Waals surface area contributed by atoms with E-state index in [0.29, 0.717) is 43.2 Å². The molecule has 0 saturated carbocycles. The molecule has 7 heteroatoms. The van der Waals surface area contributed by atoms with E-state index in [0.717, 1.165) is 13.1 Å². The summed E-state index contributed by atoms with van der Waals surface area (Å²) >= 11 is 0. The van der Waals surface area contributed by atoms with Crippen molar-refractivity contribution in [1.82, 2.24) is 24.1 Å². The Hall–Kier alpha value is -2.41. The van der Waals surface area contributed by atoms with Crippen LogP contribution in [0.25, 0.3) is 5.52 Å². The van der Waals surface area contributed by atoms with Crippen LogP contribution >= 0.6 is 0 Å². The summed E-state index contributed by atoms with van der Waals surface area (Å²) in [5, 5.41) is 0. The summed E-state index contributed by atoms with van der Waals surface area (Å²) in [6, 6.07) is 5.55. The first-order valence-corrected chi connectivity index (χ1v) is 8.81. The van der Waals surface area contributed by atoms with E-state index in [1.807, 2.05) is 36.9 Å². The molecule has 1 fully saturated rings. The quantitative estimate of drug-likeness (QED) is 0.837. The molecule has 1 aliphatic heterocycles. The van der Waals surface area contributed by atoms with Crippen molar-refractivity contribution in [2.24, 2.45) is 0 Å². The zero-order chi connectivity index (χ0) is 18.0. The van der Waals surface area contributed by atoms with Crippen molar-refractivity contribution < 1.29 is 9.59 Å². The lowest BCUT2D eigenvalue weighted by Crippen LogP contribution is -2.47. The van der Waals surface area contributed by atoms with Crippen molar-refractivity contribution in [3.8, 4) is 0 Å². The molecule has 0 atom stereocenters. The summed E-state index contributed by atoms with van der Waals surface area (Å²) < 4.78 is 1.73. The number of amides is 2. The van der Waals surface area contributed by atoms with Gasteiger partial charge in [0.25, 0.3) is 11.8 Å². The number of nitrogens with zero attached hydrogens (tertiary/aromatic N) is 5. The first-order chi connectivity index (χ1) is 12.1. The Kier molecular flexibility index (Phi) is 5.03. The minimum Gasteiger partial charge on any atom is -0.337 e. The molecule has 2 aromatic rings. The number of likely N-dealkylation sites (N-methyl/N-ethyl adjacent to an activating group) is 1. The van der Waals surface area contributed by atoms with Crippen molar-refractivity contribution in [3.05, 3.63) is 35.9 Å². The van der Waals surface area contributed by atoms with Crippen LogP contribution in [0.4, 0.5) is 0 Å². The van der Waals surface area contributed by atoms with E-state index in [1.54, 1.807) is 15.5 Å². The van der Waals surface area contributed by atoms with Crippen molar-refractivity contribution in [2.45, 2.75) is 13.8 Å². The molecule has 1 saturated heterocycles. The third kappa shape index (κ3) is 3.24. The van der Waals surface area contributed by atoms with Gasteiger partial charge in [-0.15, -0.1) is 0 Å². The number of aromatic nitrogens is 2. The van der Waals surface area contributed by atoms with Crippen molar-refractivity contribution in [3.63, 3.8) is 0 Å². The molecular weight excluding hydrogens is 318 g/mol. The van der Waals surface area contributed by atoms with Gasteiger partial charge in [0, 0.05) is 45.5 Å². The predicted octanol–water partition coefficient (Wildman–Crippen LogP) is 1.20. The van der Waals surface area contributed by atoms with E-state index in [1.165, 1.54) is 0 Å². The molecule has 0 radical (unpaired) electrons. The lowest BCUT2D eigenvalue weighted by atomic mass is 10.2. The van der Waals surface area contributed by atoms with Gasteiger partial charge in [-0.3, -0.25) is 14.0 Å². The topological polar surface area (TPSA) is 61.2 Å². The largest absolute Gasteiger partial charge is 0.337 e. The molecule has 0 aromatic carbocycles. The van der Waals surface area contributed by atoms with Crippen LogP contribution in [0.15, 0.2) is 24.4 Å². The smallest absolute Gasteiger partial charge is 0.290 e. The molecule has 7 nitrogen and oxygen atoms in total. The van der Waals surface area contributed by atoms with Crippen LogP contribution in [0.5, 0.6) is 0 Å². The number of carbonyl (C=O) groups excluding carboxylic acids is 2. The van der Waals surface area contributed by atoms with Gasteiger partial charge in [-0.05, 0) is 33.0 Å². The Morgan fingerprint density at radius 2 is 1.80 bits per heavy atom. The number of hydrogen-bond acceptors (Lipinski definition) is 4. The Morgan fingerprint density at radius 3 is 2.44 bits per heavy atom. The fourth-order valence-electron chi connectivity index (χ4n) is 3.16. The molecule has 0 unspecified atom stereocenters. The molecule has 3 rings (SSSR count). The normalized spacial score (nSPS) is 15.6. The van der Waals surface area contributed by atoms with Crippen molar-refractivity contribution in [2.75, 3.05) is 46.3 Å². The first kappa shape index (κ1) is 17.4. The maximum absolute atomic E-state index is 13.0. The molecule has 0 N–H and O–H groups in total. The van der Waals surface area contributed by atoms with Crippen LogP contribution in [0.3, 0.4) is 0 Å². The third-order valence-corrected chi connectivity index (χ3v) is 4.78. The van der Waals surface area contributed by atoms with E-state index in [-0.39, 0.29) is 11.8 Å². The van der Waals surface area contributed by atoms with Gasteiger partial charge >= 0.3 is 0 Å². The fourth-order valence-corrected chi connectivity index (χ4v) is 3.16. The van der Waals surface area contributed by atoms with E-state index < -0.39 is 0 Å². The van der Waals surface area contributed by atoms with Gasteiger partial charge < -0.3 is 14.7 Å². The number of fused-ring (bicyclic) bond motifs is 1. The Labute approximate surface area is 147 Å². The molecule has 0 aliphatic carbocycles. The zero-order valence-corrected chi connectivity index (χ0v) is 15.1. The van der Waals surface area contributed by atoms with Gasteiger partial charge in [0.1, 0.15) is 0 Å². The summed E-state index contributed by atoms with van der Waals surface area (Å²) in [6.07, 6.45) is 1.79. The van der Waals surface area contributed by atoms with Crippen LogP contribution in [0, 0.1) is 0 Å². The van der Waals surface area contributed by atoms with Crippen LogP contribution < -0.4 is 0 Å². The van der Waals surface area contributed by atoms with E-state index >= 15 is 0 Å². The van der Waals surface area contributed by atoms with Crippen molar-refractivity contribution >= 4 is 17.3 Å². The maximum atomic E-state index is 13.0. The number of hydrogen-bond donors (Lipinski definition) is 0. The second-order valence-corrected chi connectivity index (χ2v) is 6.31. The highest BCUT2D eigenvalue weighted by atomic mass is 16.2. The van der Waals surface area contributed by atoms with Gasteiger partial charge in [0.15, 0.2) is 5.69 Å². The lowest BCUT2D eigenvalue weighted by molar-refractivity contribution is 0.0660. The number of carbonyl (C=O) groups is 2. The number of pyridine rings is 1. The Balaban J connectivity index is 1.99. The average Bonchev–Trinajstić information content (AvgIpc) is 3.02. The second-order valence-electron chi connectivity index (χ2n) is 6.31. The van der Waals surface area contributed by atoms with Crippen LogP contribution in [-0.4, -0.2) is 82.2 Å². The fraction of sp³-hybridized carbons (Fsp3) is 0.500. The highest BCUT2D eigenvalue weighted by molar-refractivity contribution is 6.02. The zero-order valence-electron chi connectivity index (χ0n) is 15.1. The van der Waals surface area contributed by atoms with Gasteiger partial charge in [-0.2, -0.15) is 0 Å². The standard InChI is InChI=1S/C18H25N5O2/c1-4-21(5-2)18(25)16-19-15(14-8-6-7-9-23(14)16)17(24)22-12-10-20(3)11-13-22/h6-9H,4-5,10-13H2,1-3H3. The highest BCUT2D eigenvalue weighted by Crippen LogP contribution is 2.17. The van der Waals surface area contributed by atoms with Gasteiger partial charge in [-0.1, -0.05) is 6.07 Å². The summed E-state index contributed by atoms with van der Waals surface area (Å²) in [6.45, 7) is 8.16. The number of piperazine rings is 1. The molecular formula is C18H25N5O2. The van der Waals surface area contributed by atoms with Gasteiger partial charge in [0.05, 0.1) is 5.52 Å². The van der Waals surface area contributed by atoms with E-state index in [2.05, 4.69) is 16.9 Å². The van der Waals surface area contributed by atoms with Crippen molar-refractivity contribution in [1.29, 1.82) is 0 Å². The number of rotatable bonds is 4. The first-order valence-electron chi connectivity index (χ1n) is 8.81. The summed E-state index contributed by atoms with van der Waals surface area (Å²) in [4.78, 5) is 36.0. The average molecular weight is 343 g/mol. The molecule has 2 amide bonds. The van der Waals surface area contributed by atoms with E-state index in [4.69, 9.17) is 0 Å². The van der Waals surface area contributed by atoms with E-state index in [9.17, 15) is 9.59 Å². The molecule has 0 spiro atoms. The van der Waals surface area contributed by atoms with Gasteiger partial charge in [0.2, 0.25) is 5.82 Å². The van der Waals surface area contributed by atoms with Crippen LogP contribution in [-0.2, 0) is 0 Å². The molecule has 134 valence electrons. The minimum atomic E-state index is -0.149.